The molecule has 1 saturated heterocycles. The minimum atomic E-state index is -3.81. The molecule has 0 amide bonds. The van der Waals surface area contributed by atoms with Crippen molar-refractivity contribution in [3.05, 3.63) is 106 Å². The molecule has 1 fully saturated rings. The second kappa shape index (κ2) is 6.85. The van der Waals surface area contributed by atoms with Gasteiger partial charge in [0.2, 0.25) is 10.0 Å². The predicted molar refractivity (Wildman–Crippen MR) is 105 cm³/mol. The topological polar surface area (TPSA) is 80.3 Å². The van der Waals surface area contributed by atoms with E-state index in [1.807, 2.05) is 37.3 Å². The minimum Gasteiger partial charge on any atom is -0.258 e. The third-order valence-corrected chi connectivity index (χ3v) is 6.82. The van der Waals surface area contributed by atoms with Gasteiger partial charge in [-0.15, -0.1) is 0 Å². The molecular weight excluding hydrogens is 376 g/mol. The maximum absolute atomic E-state index is 13.3. The number of sulfonamides is 1. The lowest BCUT2D eigenvalue weighted by molar-refractivity contribution is -0.385. The van der Waals surface area contributed by atoms with Gasteiger partial charge in [-0.05, 0) is 24.6 Å². The lowest BCUT2D eigenvalue weighted by atomic mass is 10.0. The maximum atomic E-state index is 13.3. The van der Waals surface area contributed by atoms with E-state index in [9.17, 15) is 18.5 Å². The van der Waals surface area contributed by atoms with Crippen LogP contribution in [0.3, 0.4) is 0 Å². The van der Waals surface area contributed by atoms with Gasteiger partial charge in [0, 0.05) is 6.07 Å². The molecule has 28 heavy (non-hydrogen) atoms. The molecule has 0 spiro atoms. The Hall–Kier alpha value is -3.03. The summed E-state index contributed by atoms with van der Waals surface area (Å²) in [6, 6.07) is 21.1. The average molecular weight is 394 g/mol. The van der Waals surface area contributed by atoms with Crippen molar-refractivity contribution >= 4 is 15.7 Å². The van der Waals surface area contributed by atoms with E-state index in [2.05, 4.69) is 0 Å². The Bertz CT molecular complexity index is 1130. The van der Waals surface area contributed by atoms with Gasteiger partial charge in [-0.3, -0.25) is 10.1 Å². The Labute approximate surface area is 163 Å². The standard InChI is InChI=1S/C21H18N2O4S/c1-15-11-13-17(14-12-15)28(26,27)22-20(16-7-3-2-4-8-16)21(22)18-9-5-6-10-19(18)23(24)25/h2-14,20-21H,1H3/t20-,21-,22?/m1/s1. The normalized spacial score (nSPS) is 21.2. The SMILES string of the molecule is Cc1ccc(S(=O)(=O)N2[C@H](c3ccccc3)[C@H]2c2ccccc2[N+](=O)[O-])cc1. The lowest BCUT2D eigenvalue weighted by Crippen LogP contribution is -2.14. The molecular formula is C21H18N2O4S. The number of aryl methyl sites for hydroxylation is 1. The van der Waals surface area contributed by atoms with Crippen LogP contribution in [0.5, 0.6) is 0 Å². The van der Waals surface area contributed by atoms with Gasteiger partial charge in [0.1, 0.15) is 0 Å². The van der Waals surface area contributed by atoms with Crippen molar-refractivity contribution in [2.24, 2.45) is 0 Å². The van der Waals surface area contributed by atoms with Crippen molar-refractivity contribution in [3.63, 3.8) is 0 Å². The summed E-state index contributed by atoms with van der Waals surface area (Å²) in [5.41, 5.74) is 2.09. The van der Waals surface area contributed by atoms with Gasteiger partial charge in [0.25, 0.3) is 5.69 Å². The van der Waals surface area contributed by atoms with E-state index in [0.717, 1.165) is 11.1 Å². The van der Waals surface area contributed by atoms with Crippen LogP contribution in [0.1, 0.15) is 28.8 Å². The van der Waals surface area contributed by atoms with E-state index in [4.69, 9.17) is 0 Å². The zero-order valence-electron chi connectivity index (χ0n) is 15.1. The van der Waals surface area contributed by atoms with E-state index < -0.39 is 27.0 Å². The molecule has 1 aliphatic heterocycles. The van der Waals surface area contributed by atoms with Gasteiger partial charge in [-0.1, -0.05) is 66.2 Å². The van der Waals surface area contributed by atoms with Gasteiger partial charge < -0.3 is 0 Å². The van der Waals surface area contributed by atoms with Crippen LogP contribution in [0.15, 0.2) is 83.8 Å². The quantitative estimate of drug-likeness (QED) is 0.365. The molecule has 3 atom stereocenters. The fourth-order valence-corrected chi connectivity index (χ4v) is 5.27. The molecule has 0 radical (unpaired) electrons. The highest BCUT2D eigenvalue weighted by Crippen LogP contribution is 2.59. The zero-order chi connectivity index (χ0) is 19.9. The van der Waals surface area contributed by atoms with E-state index >= 15 is 0 Å². The first-order chi connectivity index (χ1) is 13.4. The molecule has 3 aromatic carbocycles. The second-order valence-electron chi connectivity index (χ2n) is 6.76. The summed E-state index contributed by atoms with van der Waals surface area (Å²) < 4.78 is 28.0. The molecule has 1 aliphatic rings. The van der Waals surface area contributed by atoms with Crippen molar-refractivity contribution in [2.75, 3.05) is 0 Å². The van der Waals surface area contributed by atoms with Crippen LogP contribution in [-0.4, -0.2) is 17.6 Å². The summed E-state index contributed by atoms with van der Waals surface area (Å²) >= 11 is 0. The summed E-state index contributed by atoms with van der Waals surface area (Å²) in [6.07, 6.45) is 0. The molecule has 142 valence electrons. The third kappa shape index (κ3) is 3.08. The molecule has 0 saturated carbocycles. The van der Waals surface area contributed by atoms with Crippen LogP contribution in [0.25, 0.3) is 0 Å². The number of nitrogens with zero attached hydrogens (tertiary/aromatic N) is 2. The van der Waals surface area contributed by atoms with E-state index in [1.165, 1.54) is 10.4 Å². The number of hydrogen-bond donors (Lipinski definition) is 0. The molecule has 0 N–H and O–H groups in total. The fourth-order valence-electron chi connectivity index (χ4n) is 3.53. The zero-order valence-corrected chi connectivity index (χ0v) is 15.9. The molecule has 3 aromatic rings. The van der Waals surface area contributed by atoms with Crippen molar-refractivity contribution in [2.45, 2.75) is 23.9 Å². The van der Waals surface area contributed by atoms with Crippen LogP contribution in [0, 0.1) is 17.0 Å². The van der Waals surface area contributed by atoms with E-state index in [0.29, 0.717) is 5.56 Å². The Morgan fingerprint density at radius 2 is 1.46 bits per heavy atom. The van der Waals surface area contributed by atoms with Crippen molar-refractivity contribution < 1.29 is 13.3 Å². The van der Waals surface area contributed by atoms with Crippen molar-refractivity contribution in [1.29, 1.82) is 0 Å². The summed E-state index contributed by atoms with van der Waals surface area (Å²) in [7, 11) is -3.81. The Morgan fingerprint density at radius 3 is 2.11 bits per heavy atom. The van der Waals surface area contributed by atoms with Crippen LogP contribution in [-0.2, 0) is 10.0 Å². The van der Waals surface area contributed by atoms with Crippen LogP contribution in [0.2, 0.25) is 0 Å². The third-order valence-electron chi connectivity index (χ3n) is 4.95. The second-order valence-corrected chi connectivity index (χ2v) is 8.61. The highest BCUT2D eigenvalue weighted by Gasteiger charge is 2.58. The van der Waals surface area contributed by atoms with Crippen molar-refractivity contribution in [1.82, 2.24) is 4.31 Å². The van der Waals surface area contributed by atoms with Gasteiger partial charge in [0.15, 0.2) is 0 Å². The molecule has 7 heteroatoms. The lowest BCUT2D eigenvalue weighted by Gasteiger charge is -2.08. The molecule has 1 heterocycles. The van der Waals surface area contributed by atoms with Gasteiger partial charge in [-0.2, -0.15) is 4.31 Å². The summed E-state index contributed by atoms with van der Waals surface area (Å²) in [5, 5.41) is 11.5. The molecule has 1 unspecified atom stereocenters. The first-order valence-corrected chi connectivity index (χ1v) is 10.2. The predicted octanol–water partition coefficient (Wildman–Crippen LogP) is 4.39. The Balaban J connectivity index is 1.83. The van der Waals surface area contributed by atoms with Crippen molar-refractivity contribution in [3.8, 4) is 0 Å². The number of rotatable bonds is 5. The summed E-state index contributed by atoms with van der Waals surface area (Å²) in [4.78, 5) is 11.2. The number of nitro benzene ring substituents is 1. The number of nitro groups is 1. The highest BCUT2D eigenvalue weighted by molar-refractivity contribution is 7.89. The van der Waals surface area contributed by atoms with Gasteiger partial charge >= 0.3 is 0 Å². The maximum Gasteiger partial charge on any atom is 0.274 e. The number of para-hydroxylation sites is 1. The molecule has 0 bridgehead atoms. The number of benzene rings is 3. The largest absolute Gasteiger partial charge is 0.274 e. The Morgan fingerprint density at radius 1 is 0.857 bits per heavy atom. The minimum absolute atomic E-state index is 0.0740. The summed E-state index contributed by atoms with van der Waals surface area (Å²) in [6.45, 7) is 1.89. The number of hydrogen-bond acceptors (Lipinski definition) is 4. The monoisotopic (exact) mass is 394 g/mol. The molecule has 6 nitrogen and oxygen atoms in total. The fraction of sp³-hybridized carbons (Fsp3) is 0.143. The van der Waals surface area contributed by atoms with Crippen LogP contribution < -0.4 is 0 Å². The molecule has 0 aromatic heterocycles. The summed E-state index contributed by atoms with van der Waals surface area (Å²) in [5.74, 6) is 0. The smallest absolute Gasteiger partial charge is 0.258 e. The first-order valence-electron chi connectivity index (χ1n) is 8.80. The van der Waals surface area contributed by atoms with E-state index in [-0.39, 0.29) is 10.6 Å². The van der Waals surface area contributed by atoms with Crippen LogP contribution in [0.4, 0.5) is 5.69 Å². The van der Waals surface area contributed by atoms with Gasteiger partial charge in [0.05, 0.1) is 27.5 Å². The highest BCUT2D eigenvalue weighted by atomic mass is 32.2. The average Bonchev–Trinajstić information content (AvgIpc) is 3.45. The molecule has 4 rings (SSSR count). The molecule has 0 aliphatic carbocycles. The van der Waals surface area contributed by atoms with E-state index in [1.54, 1.807) is 42.5 Å². The van der Waals surface area contributed by atoms with Crippen LogP contribution >= 0.6 is 0 Å². The van der Waals surface area contributed by atoms with Gasteiger partial charge in [-0.25, -0.2) is 8.42 Å². The first kappa shape index (κ1) is 18.3. The Kier molecular flexibility index (Phi) is 4.49.